The molecule has 1 amide bonds. The second kappa shape index (κ2) is 7.67. The number of aryl methyl sites for hydroxylation is 1. The highest BCUT2D eigenvalue weighted by Gasteiger charge is 2.34. The first-order valence-electron chi connectivity index (χ1n) is 8.50. The van der Waals surface area contributed by atoms with Gasteiger partial charge < -0.3 is 14.4 Å². The quantitative estimate of drug-likeness (QED) is 0.746. The van der Waals surface area contributed by atoms with Gasteiger partial charge in [-0.1, -0.05) is 11.8 Å². The first kappa shape index (κ1) is 18.7. The first-order chi connectivity index (χ1) is 12.4. The van der Waals surface area contributed by atoms with Crippen LogP contribution in [0.25, 0.3) is 5.69 Å². The SMILES string of the molecule is COc1ccc(-n2c(C)nnc2SCC(=O)N2CCOCC2(C)C)cc1. The summed E-state index contributed by atoms with van der Waals surface area (Å²) in [6, 6.07) is 7.69. The number of hydrogen-bond donors (Lipinski definition) is 0. The number of amides is 1. The van der Waals surface area contributed by atoms with Crippen molar-refractivity contribution in [3.05, 3.63) is 30.1 Å². The van der Waals surface area contributed by atoms with E-state index >= 15 is 0 Å². The Morgan fingerprint density at radius 3 is 2.69 bits per heavy atom. The molecule has 0 aliphatic carbocycles. The lowest BCUT2D eigenvalue weighted by Crippen LogP contribution is -2.56. The lowest BCUT2D eigenvalue weighted by Gasteiger charge is -2.42. The first-order valence-corrected chi connectivity index (χ1v) is 9.48. The summed E-state index contributed by atoms with van der Waals surface area (Å²) in [4.78, 5) is 14.6. The Bertz CT molecular complexity index is 773. The van der Waals surface area contributed by atoms with Crippen LogP contribution in [-0.2, 0) is 9.53 Å². The third kappa shape index (κ3) is 3.86. The molecule has 0 radical (unpaired) electrons. The molecule has 8 heteroatoms. The number of hydrogen-bond acceptors (Lipinski definition) is 6. The van der Waals surface area contributed by atoms with Crippen LogP contribution in [0.2, 0.25) is 0 Å². The van der Waals surface area contributed by atoms with Crippen LogP contribution in [0.1, 0.15) is 19.7 Å². The molecule has 140 valence electrons. The number of nitrogens with zero attached hydrogens (tertiary/aromatic N) is 4. The molecule has 2 heterocycles. The lowest BCUT2D eigenvalue weighted by atomic mass is 10.0. The van der Waals surface area contributed by atoms with Crippen molar-refractivity contribution < 1.29 is 14.3 Å². The highest BCUT2D eigenvalue weighted by Crippen LogP contribution is 2.25. The minimum absolute atomic E-state index is 0.0882. The second-order valence-corrected chi connectivity index (χ2v) is 7.70. The molecular formula is C18H24N4O3S. The zero-order valence-electron chi connectivity index (χ0n) is 15.6. The van der Waals surface area contributed by atoms with E-state index in [1.807, 2.05) is 54.5 Å². The Morgan fingerprint density at radius 1 is 1.31 bits per heavy atom. The summed E-state index contributed by atoms with van der Waals surface area (Å²) in [6.07, 6.45) is 0. The lowest BCUT2D eigenvalue weighted by molar-refractivity contribution is -0.143. The molecule has 1 aromatic carbocycles. The van der Waals surface area contributed by atoms with Gasteiger partial charge in [0.2, 0.25) is 5.91 Å². The average molecular weight is 376 g/mol. The number of thioether (sulfide) groups is 1. The molecular weight excluding hydrogens is 352 g/mol. The molecule has 0 unspecified atom stereocenters. The van der Waals surface area contributed by atoms with Gasteiger partial charge in [0, 0.05) is 12.2 Å². The predicted molar refractivity (Wildman–Crippen MR) is 100.0 cm³/mol. The molecule has 1 fully saturated rings. The Kier molecular flexibility index (Phi) is 5.52. The third-order valence-corrected chi connectivity index (χ3v) is 5.31. The van der Waals surface area contributed by atoms with Crippen LogP contribution in [0, 0.1) is 6.92 Å². The van der Waals surface area contributed by atoms with Crippen molar-refractivity contribution >= 4 is 17.7 Å². The maximum absolute atomic E-state index is 12.7. The van der Waals surface area contributed by atoms with Gasteiger partial charge in [0.05, 0.1) is 31.6 Å². The van der Waals surface area contributed by atoms with Gasteiger partial charge in [-0.15, -0.1) is 10.2 Å². The monoisotopic (exact) mass is 376 g/mol. The van der Waals surface area contributed by atoms with Crippen LogP contribution in [0.5, 0.6) is 5.75 Å². The summed E-state index contributed by atoms with van der Waals surface area (Å²) in [7, 11) is 1.64. The maximum atomic E-state index is 12.7. The Balaban J connectivity index is 1.73. The molecule has 0 spiro atoms. The average Bonchev–Trinajstić information content (AvgIpc) is 3.00. The van der Waals surface area contributed by atoms with Crippen molar-refractivity contribution in [1.29, 1.82) is 0 Å². The fourth-order valence-electron chi connectivity index (χ4n) is 2.99. The van der Waals surface area contributed by atoms with Gasteiger partial charge in [0.1, 0.15) is 11.6 Å². The highest BCUT2D eigenvalue weighted by atomic mass is 32.2. The molecule has 0 saturated carbocycles. The third-order valence-electron chi connectivity index (χ3n) is 4.40. The normalized spacial score (nSPS) is 16.5. The molecule has 3 rings (SSSR count). The van der Waals surface area contributed by atoms with Crippen molar-refractivity contribution in [2.45, 2.75) is 31.5 Å². The number of ether oxygens (including phenoxy) is 2. The summed E-state index contributed by atoms with van der Waals surface area (Å²) in [5.74, 6) is 1.97. The van der Waals surface area contributed by atoms with Crippen molar-refractivity contribution in [3.8, 4) is 11.4 Å². The number of rotatable bonds is 5. The van der Waals surface area contributed by atoms with Gasteiger partial charge in [-0.05, 0) is 45.0 Å². The summed E-state index contributed by atoms with van der Waals surface area (Å²) in [5, 5.41) is 9.11. The number of carbonyl (C=O) groups is 1. The fraction of sp³-hybridized carbons (Fsp3) is 0.500. The van der Waals surface area contributed by atoms with E-state index in [1.165, 1.54) is 11.8 Å². The van der Waals surface area contributed by atoms with Crippen LogP contribution in [0.4, 0.5) is 0 Å². The fourth-order valence-corrected chi connectivity index (χ4v) is 3.86. The second-order valence-electron chi connectivity index (χ2n) is 6.76. The number of carbonyl (C=O) groups excluding carboxylic acids is 1. The van der Waals surface area contributed by atoms with E-state index in [4.69, 9.17) is 9.47 Å². The van der Waals surface area contributed by atoms with E-state index in [9.17, 15) is 4.79 Å². The van der Waals surface area contributed by atoms with Gasteiger partial charge in [0.15, 0.2) is 5.16 Å². The van der Waals surface area contributed by atoms with Crippen LogP contribution in [0.3, 0.4) is 0 Å². The number of aromatic nitrogens is 3. The number of morpholine rings is 1. The van der Waals surface area contributed by atoms with Crippen molar-refractivity contribution in [3.63, 3.8) is 0 Å². The summed E-state index contributed by atoms with van der Waals surface area (Å²) in [6.45, 7) is 7.72. The minimum Gasteiger partial charge on any atom is -0.497 e. The molecule has 26 heavy (non-hydrogen) atoms. The summed E-state index contributed by atoms with van der Waals surface area (Å²) >= 11 is 1.40. The van der Waals surface area contributed by atoms with Crippen molar-refractivity contribution in [1.82, 2.24) is 19.7 Å². The molecule has 0 N–H and O–H groups in total. The van der Waals surface area contributed by atoms with Crippen LogP contribution in [-0.4, -0.2) is 63.7 Å². The predicted octanol–water partition coefficient (Wildman–Crippen LogP) is 2.31. The standard InChI is InChI=1S/C18H24N4O3S/c1-13-19-20-17(22(13)14-5-7-15(24-4)8-6-14)26-11-16(23)21-9-10-25-12-18(21,2)3/h5-8H,9-12H2,1-4H3. The molecule has 2 aromatic rings. The largest absolute Gasteiger partial charge is 0.497 e. The number of methoxy groups -OCH3 is 1. The summed E-state index contributed by atoms with van der Waals surface area (Å²) in [5.41, 5.74) is 0.657. The molecule has 1 aliphatic heterocycles. The van der Waals surface area contributed by atoms with E-state index in [1.54, 1.807) is 7.11 Å². The van der Waals surface area contributed by atoms with Gasteiger partial charge in [-0.3, -0.25) is 9.36 Å². The topological polar surface area (TPSA) is 69.5 Å². The van der Waals surface area contributed by atoms with E-state index < -0.39 is 0 Å². The summed E-state index contributed by atoms with van der Waals surface area (Å²) < 4.78 is 12.6. The Hall–Kier alpha value is -2.06. The smallest absolute Gasteiger partial charge is 0.233 e. The number of benzene rings is 1. The van der Waals surface area contributed by atoms with Gasteiger partial charge in [-0.2, -0.15) is 0 Å². The van der Waals surface area contributed by atoms with Crippen molar-refractivity contribution in [2.75, 3.05) is 32.6 Å². The van der Waals surface area contributed by atoms with Crippen molar-refractivity contribution in [2.24, 2.45) is 0 Å². The highest BCUT2D eigenvalue weighted by molar-refractivity contribution is 7.99. The van der Waals surface area contributed by atoms with Crippen LogP contribution in [0.15, 0.2) is 29.4 Å². The maximum Gasteiger partial charge on any atom is 0.233 e. The van der Waals surface area contributed by atoms with Crippen LogP contribution >= 0.6 is 11.8 Å². The minimum atomic E-state index is -0.282. The zero-order valence-corrected chi connectivity index (χ0v) is 16.4. The van der Waals surface area contributed by atoms with E-state index in [2.05, 4.69) is 10.2 Å². The van der Waals surface area contributed by atoms with Gasteiger partial charge in [0.25, 0.3) is 0 Å². The zero-order chi connectivity index (χ0) is 18.7. The Labute approximate surface area is 157 Å². The molecule has 0 atom stereocenters. The molecule has 1 aliphatic rings. The molecule has 1 aromatic heterocycles. The van der Waals surface area contributed by atoms with Gasteiger partial charge >= 0.3 is 0 Å². The molecule has 1 saturated heterocycles. The molecule has 0 bridgehead atoms. The molecule has 7 nitrogen and oxygen atoms in total. The van der Waals surface area contributed by atoms with E-state index in [0.717, 1.165) is 17.3 Å². The Morgan fingerprint density at radius 2 is 2.04 bits per heavy atom. The van der Waals surface area contributed by atoms with E-state index in [0.29, 0.717) is 30.7 Å². The van der Waals surface area contributed by atoms with Gasteiger partial charge in [-0.25, -0.2) is 0 Å². The van der Waals surface area contributed by atoms with E-state index in [-0.39, 0.29) is 11.4 Å². The van der Waals surface area contributed by atoms with Crippen LogP contribution < -0.4 is 4.74 Å².